The van der Waals surface area contributed by atoms with Crippen molar-refractivity contribution in [2.75, 3.05) is 19.4 Å². The van der Waals surface area contributed by atoms with Gasteiger partial charge in [0.25, 0.3) is 5.91 Å². The number of aromatic nitrogens is 1. The zero-order valence-corrected chi connectivity index (χ0v) is 16.4. The summed E-state index contributed by atoms with van der Waals surface area (Å²) in [4.78, 5) is 17.9. The van der Waals surface area contributed by atoms with E-state index in [0.717, 1.165) is 36.0 Å². The van der Waals surface area contributed by atoms with Crippen molar-refractivity contribution < 1.29 is 13.6 Å². The first-order valence-corrected chi connectivity index (χ1v) is 9.79. The number of halogens is 1. The van der Waals surface area contributed by atoms with Gasteiger partial charge in [-0.1, -0.05) is 12.1 Å². The molecular formula is C23H22FN3O2. The van der Waals surface area contributed by atoms with Crippen LogP contribution in [0.4, 0.5) is 10.1 Å². The van der Waals surface area contributed by atoms with Crippen molar-refractivity contribution in [2.24, 2.45) is 0 Å². The molecule has 0 aliphatic heterocycles. The van der Waals surface area contributed by atoms with E-state index in [2.05, 4.69) is 29.3 Å². The van der Waals surface area contributed by atoms with E-state index in [9.17, 15) is 9.18 Å². The molecule has 1 amide bonds. The quantitative estimate of drug-likeness (QED) is 0.531. The number of aryl methyl sites for hydroxylation is 1. The van der Waals surface area contributed by atoms with Crippen LogP contribution in [0.2, 0.25) is 0 Å². The fraction of sp³-hybridized carbons (Fsp3) is 0.261. The monoisotopic (exact) mass is 391 g/mol. The summed E-state index contributed by atoms with van der Waals surface area (Å²) in [5.41, 5.74) is 3.54. The minimum Gasteiger partial charge on any atom is -0.461 e. The maximum absolute atomic E-state index is 13.9. The van der Waals surface area contributed by atoms with Gasteiger partial charge >= 0.3 is 0 Å². The van der Waals surface area contributed by atoms with E-state index < -0.39 is 0 Å². The van der Waals surface area contributed by atoms with Gasteiger partial charge in [-0.05, 0) is 51.2 Å². The van der Waals surface area contributed by atoms with Crippen LogP contribution in [0.1, 0.15) is 28.1 Å². The summed E-state index contributed by atoms with van der Waals surface area (Å²) in [6.45, 7) is 0. The molecule has 0 radical (unpaired) electrons. The number of anilines is 1. The molecule has 1 atom stereocenters. The Morgan fingerprint density at radius 1 is 1.24 bits per heavy atom. The van der Waals surface area contributed by atoms with Crippen molar-refractivity contribution >= 4 is 33.5 Å². The predicted octanol–water partition coefficient (Wildman–Crippen LogP) is 4.72. The SMILES string of the molecule is CN(C)C1CCc2oc3ccc(NC(=O)c4c[nH]c5c(F)cccc45)cc3c2C1. The number of carbonyl (C=O) groups excluding carboxylic acids is 1. The lowest BCUT2D eigenvalue weighted by Gasteiger charge is -2.27. The second-order valence-corrected chi connectivity index (χ2v) is 7.89. The number of hydrogen-bond donors (Lipinski definition) is 2. The van der Waals surface area contributed by atoms with E-state index in [1.165, 1.54) is 11.6 Å². The summed E-state index contributed by atoms with van der Waals surface area (Å²) in [5, 5.41) is 4.56. The van der Waals surface area contributed by atoms with Crippen LogP contribution in [0.15, 0.2) is 47.0 Å². The highest BCUT2D eigenvalue weighted by atomic mass is 19.1. The summed E-state index contributed by atoms with van der Waals surface area (Å²) < 4.78 is 19.9. The van der Waals surface area contributed by atoms with Gasteiger partial charge in [-0.25, -0.2) is 4.39 Å². The first-order valence-electron chi connectivity index (χ1n) is 9.79. The molecular weight excluding hydrogens is 369 g/mol. The van der Waals surface area contributed by atoms with Crippen LogP contribution in [-0.4, -0.2) is 35.9 Å². The first kappa shape index (κ1) is 17.9. The number of benzene rings is 2. The van der Waals surface area contributed by atoms with Crippen LogP contribution in [0.3, 0.4) is 0 Å². The van der Waals surface area contributed by atoms with E-state index in [-0.39, 0.29) is 11.7 Å². The number of amides is 1. The maximum Gasteiger partial charge on any atom is 0.257 e. The molecule has 2 aromatic carbocycles. The molecule has 1 unspecified atom stereocenters. The Morgan fingerprint density at radius 3 is 2.93 bits per heavy atom. The maximum atomic E-state index is 13.9. The molecule has 2 N–H and O–H groups in total. The molecule has 1 aliphatic rings. The minimum atomic E-state index is -0.372. The molecule has 6 heteroatoms. The Hall–Kier alpha value is -3.12. The van der Waals surface area contributed by atoms with Gasteiger partial charge in [0.2, 0.25) is 0 Å². The topological polar surface area (TPSA) is 61.3 Å². The van der Waals surface area contributed by atoms with Crippen LogP contribution in [0.25, 0.3) is 21.9 Å². The van der Waals surface area contributed by atoms with Gasteiger partial charge in [0.1, 0.15) is 17.2 Å². The van der Waals surface area contributed by atoms with Gasteiger partial charge in [-0.3, -0.25) is 4.79 Å². The van der Waals surface area contributed by atoms with E-state index in [1.54, 1.807) is 18.3 Å². The van der Waals surface area contributed by atoms with Gasteiger partial charge < -0.3 is 19.6 Å². The zero-order chi connectivity index (χ0) is 20.1. The summed E-state index contributed by atoms with van der Waals surface area (Å²) in [6, 6.07) is 10.9. The molecule has 0 saturated heterocycles. The molecule has 1 aliphatic carbocycles. The number of nitrogens with one attached hydrogen (secondary N) is 2. The minimum absolute atomic E-state index is 0.273. The second-order valence-electron chi connectivity index (χ2n) is 7.89. The molecule has 2 heterocycles. The average Bonchev–Trinajstić information content (AvgIpc) is 3.29. The van der Waals surface area contributed by atoms with Crippen molar-refractivity contribution in [2.45, 2.75) is 25.3 Å². The Labute approximate surface area is 167 Å². The molecule has 4 aromatic rings. The fourth-order valence-electron chi connectivity index (χ4n) is 4.28. The van der Waals surface area contributed by atoms with Crippen LogP contribution in [0.5, 0.6) is 0 Å². The highest BCUT2D eigenvalue weighted by Crippen LogP contribution is 2.34. The summed E-state index contributed by atoms with van der Waals surface area (Å²) in [5.74, 6) is 0.404. The third-order valence-electron chi connectivity index (χ3n) is 5.92. The number of carbonyl (C=O) groups is 1. The molecule has 5 rings (SSSR count). The van der Waals surface area contributed by atoms with Crippen molar-refractivity contribution in [3.63, 3.8) is 0 Å². The van der Waals surface area contributed by atoms with Crippen molar-refractivity contribution in [3.05, 3.63) is 65.3 Å². The molecule has 0 fully saturated rings. The number of likely N-dealkylation sites (N-methyl/N-ethyl adjacent to an activating group) is 1. The number of furan rings is 1. The van der Waals surface area contributed by atoms with E-state index >= 15 is 0 Å². The Kier molecular flexibility index (Phi) is 4.17. The lowest BCUT2D eigenvalue weighted by atomic mass is 9.91. The number of hydrogen-bond acceptors (Lipinski definition) is 3. The Bertz CT molecular complexity index is 1240. The zero-order valence-electron chi connectivity index (χ0n) is 16.4. The number of rotatable bonds is 3. The standard InChI is InChI=1S/C23H22FN3O2/c1-27(2)14-7-9-21-17(11-14)16-10-13(6-8-20(16)29-21)26-23(28)18-12-25-22-15(18)4-3-5-19(22)24/h3-6,8,10,12,14,25H,7,9,11H2,1-2H3,(H,26,28). The normalized spacial score (nSPS) is 16.5. The fourth-order valence-corrected chi connectivity index (χ4v) is 4.28. The summed E-state index contributed by atoms with van der Waals surface area (Å²) in [7, 11) is 4.21. The Balaban J connectivity index is 1.47. The van der Waals surface area contributed by atoms with Gasteiger partial charge in [-0.2, -0.15) is 0 Å². The van der Waals surface area contributed by atoms with Crippen LogP contribution in [0, 0.1) is 5.82 Å². The third-order valence-corrected chi connectivity index (χ3v) is 5.92. The lowest BCUT2D eigenvalue weighted by Crippen LogP contribution is -2.33. The average molecular weight is 391 g/mol. The predicted molar refractivity (Wildman–Crippen MR) is 112 cm³/mol. The number of fused-ring (bicyclic) bond motifs is 4. The van der Waals surface area contributed by atoms with Gasteiger partial charge in [0, 0.05) is 40.7 Å². The molecule has 0 saturated carbocycles. The Morgan fingerprint density at radius 2 is 2.10 bits per heavy atom. The molecule has 29 heavy (non-hydrogen) atoms. The number of nitrogens with zero attached hydrogens (tertiary/aromatic N) is 1. The van der Waals surface area contributed by atoms with E-state index in [1.807, 2.05) is 18.2 Å². The first-order chi connectivity index (χ1) is 14.0. The summed E-state index contributed by atoms with van der Waals surface area (Å²) in [6.07, 6.45) is 4.49. The number of para-hydroxylation sites is 1. The molecule has 5 nitrogen and oxygen atoms in total. The van der Waals surface area contributed by atoms with E-state index in [0.29, 0.717) is 28.2 Å². The highest BCUT2D eigenvalue weighted by molar-refractivity contribution is 6.13. The van der Waals surface area contributed by atoms with Gasteiger partial charge in [0.05, 0.1) is 11.1 Å². The smallest absolute Gasteiger partial charge is 0.257 e. The van der Waals surface area contributed by atoms with Crippen molar-refractivity contribution in [1.82, 2.24) is 9.88 Å². The van der Waals surface area contributed by atoms with Crippen LogP contribution < -0.4 is 5.32 Å². The second kappa shape index (κ2) is 6.74. The summed E-state index contributed by atoms with van der Waals surface area (Å²) >= 11 is 0. The molecule has 0 spiro atoms. The van der Waals surface area contributed by atoms with Gasteiger partial charge in [-0.15, -0.1) is 0 Å². The third kappa shape index (κ3) is 3.00. The number of H-pyrrole nitrogens is 1. The van der Waals surface area contributed by atoms with Crippen molar-refractivity contribution in [1.29, 1.82) is 0 Å². The number of aromatic amines is 1. The van der Waals surface area contributed by atoms with Gasteiger partial charge in [0.15, 0.2) is 0 Å². The van der Waals surface area contributed by atoms with E-state index in [4.69, 9.17) is 4.42 Å². The van der Waals surface area contributed by atoms with Crippen LogP contribution >= 0.6 is 0 Å². The molecule has 0 bridgehead atoms. The van der Waals surface area contributed by atoms with Crippen LogP contribution in [-0.2, 0) is 12.8 Å². The largest absolute Gasteiger partial charge is 0.461 e. The molecule has 2 aromatic heterocycles. The molecule has 148 valence electrons. The van der Waals surface area contributed by atoms with Crippen molar-refractivity contribution in [3.8, 4) is 0 Å². The lowest BCUT2D eigenvalue weighted by molar-refractivity contribution is 0.102. The highest BCUT2D eigenvalue weighted by Gasteiger charge is 2.25.